The fourth-order valence-corrected chi connectivity index (χ4v) is 3.09. The monoisotopic (exact) mass is 314 g/mol. The van der Waals surface area contributed by atoms with Gasteiger partial charge in [0.2, 0.25) is 5.91 Å². The van der Waals surface area contributed by atoms with Gasteiger partial charge >= 0.3 is 0 Å². The Kier molecular flexibility index (Phi) is 8.04. The Morgan fingerprint density at radius 3 is 3.05 bits per heavy atom. The molecule has 1 saturated heterocycles. The topological polar surface area (TPSA) is 41.1 Å². The lowest BCUT2D eigenvalue weighted by Gasteiger charge is -2.23. The maximum atomic E-state index is 11.8. The maximum Gasteiger partial charge on any atom is 0.230 e. The van der Waals surface area contributed by atoms with Gasteiger partial charge in [0.05, 0.1) is 5.75 Å². The van der Waals surface area contributed by atoms with Crippen LogP contribution in [0.5, 0.6) is 0 Å². The lowest BCUT2D eigenvalue weighted by atomic mass is 10.1. The SMILES string of the molecule is Cc1cccc(CSCC(=O)NC2CCCNC2)c1.Cl. The van der Waals surface area contributed by atoms with Crippen LogP contribution in [0.25, 0.3) is 0 Å². The number of rotatable bonds is 5. The van der Waals surface area contributed by atoms with Crippen molar-refractivity contribution >= 4 is 30.1 Å². The summed E-state index contributed by atoms with van der Waals surface area (Å²) in [6.45, 7) is 4.08. The van der Waals surface area contributed by atoms with Gasteiger partial charge in [-0.25, -0.2) is 0 Å². The van der Waals surface area contributed by atoms with Gasteiger partial charge in [-0.3, -0.25) is 4.79 Å². The summed E-state index contributed by atoms with van der Waals surface area (Å²) >= 11 is 1.68. The van der Waals surface area contributed by atoms with E-state index in [1.54, 1.807) is 11.8 Å². The molecule has 1 heterocycles. The Morgan fingerprint density at radius 1 is 1.50 bits per heavy atom. The first kappa shape index (κ1) is 17.3. The highest BCUT2D eigenvalue weighted by Crippen LogP contribution is 2.13. The summed E-state index contributed by atoms with van der Waals surface area (Å²) in [5.74, 6) is 1.61. The molecule has 0 saturated carbocycles. The number of aryl methyl sites for hydroxylation is 1. The Hall–Kier alpha value is -0.710. The normalized spacial score (nSPS) is 18.1. The van der Waals surface area contributed by atoms with Crippen molar-refractivity contribution in [2.75, 3.05) is 18.8 Å². The van der Waals surface area contributed by atoms with Crippen molar-refractivity contribution in [3.8, 4) is 0 Å². The lowest BCUT2D eigenvalue weighted by molar-refractivity contribution is -0.119. The highest BCUT2D eigenvalue weighted by atomic mass is 35.5. The molecular formula is C15H23ClN2OS. The third-order valence-corrected chi connectivity index (χ3v) is 4.25. The zero-order valence-corrected chi connectivity index (χ0v) is 13.5. The number of halogens is 1. The molecule has 2 N–H and O–H groups in total. The molecule has 1 atom stereocenters. The predicted molar refractivity (Wildman–Crippen MR) is 88.6 cm³/mol. The van der Waals surface area contributed by atoms with Crippen molar-refractivity contribution in [2.24, 2.45) is 0 Å². The number of piperidine rings is 1. The quantitative estimate of drug-likeness (QED) is 0.877. The van der Waals surface area contributed by atoms with Crippen molar-refractivity contribution in [1.29, 1.82) is 0 Å². The minimum absolute atomic E-state index is 0. The molecule has 1 amide bonds. The molecule has 1 aromatic rings. The molecular weight excluding hydrogens is 292 g/mol. The number of carbonyl (C=O) groups is 1. The van der Waals surface area contributed by atoms with E-state index in [9.17, 15) is 4.79 Å². The van der Waals surface area contributed by atoms with Crippen LogP contribution in [0.2, 0.25) is 0 Å². The first-order chi connectivity index (χ1) is 9.24. The van der Waals surface area contributed by atoms with Crippen LogP contribution in [0.4, 0.5) is 0 Å². The van der Waals surface area contributed by atoms with Gasteiger partial charge in [0.15, 0.2) is 0 Å². The number of amides is 1. The van der Waals surface area contributed by atoms with Crippen LogP contribution in [-0.4, -0.2) is 30.8 Å². The molecule has 1 aliphatic heterocycles. The second-order valence-electron chi connectivity index (χ2n) is 5.09. The van der Waals surface area contributed by atoms with Gasteiger partial charge in [0.25, 0.3) is 0 Å². The van der Waals surface area contributed by atoms with E-state index in [1.807, 2.05) is 0 Å². The largest absolute Gasteiger partial charge is 0.351 e. The fraction of sp³-hybridized carbons (Fsp3) is 0.533. The summed E-state index contributed by atoms with van der Waals surface area (Å²) < 4.78 is 0. The fourth-order valence-electron chi connectivity index (χ4n) is 2.31. The van der Waals surface area contributed by atoms with Crippen LogP contribution < -0.4 is 10.6 Å². The number of thioether (sulfide) groups is 1. The molecule has 1 aromatic carbocycles. The molecule has 0 aliphatic carbocycles. The van der Waals surface area contributed by atoms with E-state index in [1.165, 1.54) is 11.1 Å². The molecule has 0 aromatic heterocycles. The highest BCUT2D eigenvalue weighted by Gasteiger charge is 2.14. The number of hydrogen-bond acceptors (Lipinski definition) is 3. The van der Waals surface area contributed by atoms with Crippen molar-refractivity contribution in [1.82, 2.24) is 10.6 Å². The zero-order valence-electron chi connectivity index (χ0n) is 11.9. The summed E-state index contributed by atoms with van der Waals surface area (Å²) in [6.07, 6.45) is 2.25. The number of benzene rings is 1. The van der Waals surface area contributed by atoms with Crippen molar-refractivity contribution in [3.63, 3.8) is 0 Å². The molecule has 2 rings (SSSR count). The smallest absolute Gasteiger partial charge is 0.230 e. The van der Waals surface area contributed by atoms with Crippen molar-refractivity contribution < 1.29 is 4.79 Å². The standard InChI is InChI=1S/C15H22N2OS.ClH/c1-12-4-2-5-13(8-12)10-19-11-15(18)17-14-6-3-7-16-9-14;/h2,4-5,8,14,16H,3,6-7,9-11H2,1H3,(H,17,18);1H. The molecule has 112 valence electrons. The van der Waals surface area contributed by atoms with Crippen LogP contribution in [0, 0.1) is 6.92 Å². The van der Waals surface area contributed by atoms with E-state index < -0.39 is 0 Å². The van der Waals surface area contributed by atoms with Crippen molar-refractivity contribution in [3.05, 3.63) is 35.4 Å². The minimum Gasteiger partial charge on any atom is -0.351 e. The molecule has 1 unspecified atom stereocenters. The van der Waals surface area contributed by atoms with Crippen LogP contribution >= 0.6 is 24.2 Å². The van der Waals surface area contributed by atoms with Crippen LogP contribution in [0.15, 0.2) is 24.3 Å². The summed E-state index contributed by atoms with van der Waals surface area (Å²) in [5, 5.41) is 6.40. The number of carbonyl (C=O) groups excluding carboxylic acids is 1. The van der Waals surface area contributed by atoms with Gasteiger partial charge in [-0.05, 0) is 31.9 Å². The lowest BCUT2D eigenvalue weighted by Crippen LogP contribution is -2.46. The zero-order chi connectivity index (χ0) is 13.5. The highest BCUT2D eigenvalue weighted by molar-refractivity contribution is 7.99. The molecule has 0 bridgehead atoms. The Bertz CT molecular complexity index is 422. The van der Waals surface area contributed by atoms with E-state index in [4.69, 9.17) is 0 Å². The molecule has 5 heteroatoms. The second kappa shape index (κ2) is 9.27. The van der Waals surface area contributed by atoms with Gasteiger partial charge in [-0.1, -0.05) is 29.8 Å². The van der Waals surface area contributed by atoms with E-state index in [2.05, 4.69) is 41.8 Å². The minimum atomic E-state index is 0. The van der Waals surface area contributed by atoms with Gasteiger partial charge in [-0.15, -0.1) is 24.2 Å². The average Bonchev–Trinajstić information content (AvgIpc) is 2.40. The van der Waals surface area contributed by atoms with E-state index in [0.717, 1.165) is 31.7 Å². The Balaban J connectivity index is 0.00000200. The molecule has 1 fully saturated rings. The Morgan fingerprint density at radius 2 is 2.35 bits per heavy atom. The summed E-state index contributed by atoms with van der Waals surface area (Å²) in [4.78, 5) is 11.8. The maximum absolute atomic E-state index is 11.8. The summed E-state index contributed by atoms with van der Waals surface area (Å²) in [6, 6.07) is 8.77. The van der Waals surface area contributed by atoms with Crippen LogP contribution in [0.1, 0.15) is 24.0 Å². The van der Waals surface area contributed by atoms with Gasteiger partial charge in [-0.2, -0.15) is 0 Å². The van der Waals surface area contributed by atoms with Gasteiger partial charge in [0, 0.05) is 18.3 Å². The van der Waals surface area contributed by atoms with Crippen LogP contribution in [0.3, 0.4) is 0 Å². The van der Waals surface area contributed by atoms with E-state index in [0.29, 0.717) is 11.8 Å². The molecule has 0 radical (unpaired) electrons. The molecule has 20 heavy (non-hydrogen) atoms. The average molecular weight is 315 g/mol. The predicted octanol–water partition coefficient (Wildman–Crippen LogP) is 2.52. The summed E-state index contributed by atoms with van der Waals surface area (Å²) in [5.41, 5.74) is 2.56. The molecule has 1 aliphatic rings. The third kappa shape index (κ3) is 6.16. The van der Waals surface area contributed by atoms with Gasteiger partial charge < -0.3 is 10.6 Å². The van der Waals surface area contributed by atoms with E-state index in [-0.39, 0.29) is 18.3 Å². The van der Waals surface area contributed by atoms with Crippen molar-refractivity contribution in [2.45, 2.75) is 31.6 Å². The molecule has 3 nitrogen and oxygen atoms in total. The molecule has 0 spiro atoms. The first-order valence-electron chi connectivity index (χ1n) is 6.87. The first-order valence-corrected chi connectivity index (χ1v) is 8.03. The van der Waals surface area contributed by atoms with Gasteiger partial charge in [0.1, 0.15) is 0 Å². The van der Waals surface area contributed by atoms with Crippen LogP contribution in [-0.2, 0) is 10.5 Å². The number of hydrogen-bond donors (Lipinski definition) is 2. The third-order valence-electron chi connectivity index (χ3n) is 3.25. The number of nitrogens with one attached hydrogen (secondary N) is 2. The Labute approximate surface area is 131 Å². The second-order valence-corrected chi connectivity index (χ2v) is 6.08. The van der Waals surface area contributed by atoms with E-state index >= 15 is 0 Å². The summed E-state index contributed by atoms with van der Waals surface area (Å²) in [7, 11) is 0.